The Morgan fingerprint density at radius 1 is 1.22 bits per heavy atom. The number of ether oxygens (including phenoxy) is 1. The molecule has 1 amide bonds. The van der Waals surface area contributed by atoms with Crippen molar-refractivity contribution < 1.29 is 14.6 Å². The van der Waals surface area contributed by atoms with Gasteiger partial charge in [0, 0.05) is 50.5 Å². The number of nitrogens with zero attached hydrogens (tertiary/aromatic N) is 5. The van der Waals surface area contributed by atoms with Gasteiger partial charge in [0.15, 0.2) is 0 Å². The van der Waals surface area contributed by atoms with E-state index >= 15 is 0 Å². The zero-order chi connectivity index (χ0) is 25.9. The molecule has 2 aliphatic heterocycles. The Kier molecular flexibility index (Phi) is 7.73. The summed E-state index contributed by atoms with van der Waals surface area (Å²) in [7, 11) is 0. The molecule has 198 valence electrons. The lowest BCUT2D eigenvalue weighted by molar-refractivity contribution is -0.128. The third kappa shape index (κ3) is 5.79. The fraction of sp³-hybridized carbons (Fsp3) is 0.536. The van der Waals surface area contributed by atoms with Gasteiger partial charge in [-0.25, -0.2) is 4.98 Å². The molecule has 0 bridgehead atoms. The molecule has 1 saturated carbocycles. The summed E-state index contributed by atoms with van der Waals surface area (Å²) in [5.41, 5.74) is 3.36. The van der Waals surface area contributed by atoms with Crippen LogP contribution in [0.25, 0.3) is 0 Å². The monoisotopic (exact) mass is 506 g/mol. The van der Waals surface area contributed by atoms with Crippen LogP contribution in [0.1, 0.15) is 61.9 Å². The molecule has 0 radical (unpaired) electrons. The SMILES string of the molecule is C=CC(=O)N1CCN([C@@H](CC2CC2)c2ccc([C@H](C)Nc3ncc4c(n3)N(CC)C(O)OC4)cc2)CC1. The molecule has 1 unspecified atom stereocenters. The van der Waals surface area contributed by atoms with E-state index in [-0.39, 0.29) is 11.9 Å². The van der Waals surface area contributed by atoms with E-state index < -0.39 is 6.41 Å². The molecular formula is C28H38N6O3. The van der Waals surface area contributed by atoms with Gasteiger partial charge in [0.1, 0.15) is 5.82 Å². The fourth-order valence-electron chi connectivity index (χ4n) is 5.31. The Morgan fingerprint density at radius 2 is 1.92 bits per heavy atom. The van der Waals surface area contributed by atoms with E-state index in [1.807, 2.05) is 11.8 Å². The molecule has 3 atom stereocenters. The van der Waals surface area contributed by atoms with Crippen molar-refractivity contribution in [3.63, 3.8) is 0 Å². The van der Waals surface area contributed by atoms with Crippen LogP contribution >= 0.6 is 0 Å². The van der Waals surface area contributed by atoms with Gasteiger partial charge in [0.25, 0.3) is 0 Å². The van der Waals surface area contributed by atoms with E-state index in [0.717, 1.165) is 43.2 Å². The first-order chi connectivity index (χ1) is 18.0. The number of hydrogen-bond donors (Lipinski definition) is 2. The minimum absolute atomic E-state index is 0.0160. The van der Waals surface area contributed by atoms with Gasteiger partial charge in [0.2, 0.25) is 18.3 Å². The standard InChI is InChI=1S/C28H38N6O3/c1-4-25(35)33-14-12-32(13-15-33)24(16-20-6-7-20)22-10-8-21(9-11-22)19(3)30-27-29-17-23-18-37-28(36)34(5-2)26(23)31-27/h4,8-11,17,19-20,24,28,36H,1,5-7,12-16,18H2,2-3H3,(H,29,30,31)/t19-,24-,28?/m0/s1. The van der Waals surface area contributed by atoms with Crippen LogP contribution in [-0.2, 0) is 16.1 Å². The molecule has 37 heavy (non-hydrogen) atoms. The second-order valence-corrected chi connectivity index (χ2v) is 10.3. The number of rotatable bonds is 9. The summed E-state index contributed by atoms with van der Waals surface area (Å²) in [4.78, 5) is 27.3. The molecule has 1 aromatic carbocycles. The molecule has 5 rings (SSSR count). The lowest BCUT2D eigenvalue weighted by Gasteiger charge is -2.39. The van der Waals surface area contributed by atoms with Crippen LogP contribution in [0.3, 0.4) is 0 Å². The summed E-state index contributed by atoms with van der Waals surface area (Å²) in [5, 5.41) is 13.6. The van der Waals surface area contributed by atoms with Crippen LogP contribution in [0.5, 0.6) is 0 Å². The van der Waals surface area contributed by atoms with Crippen LogP contribution < -0.4 is 10.2 Å². The predicted octanol–water partition coefficient (Wildman–Crippen LogP) is 3.45. The smallest absolute Gasteiger partial charge is 0.246 e. The number of benzene rings is 1. The van der Waals surface area contributed by atoms with Crippen LogP contribution in [-0.4, -0.2) is 69.9 Å². The summed E-state index contributed by atoms with van der Waals surface area (Å²) >= 11 is 0. The topological polar surface area (TPSA) is 94.1 Å². The van der Waals surface area contributed by atoms with Crippen molar-refractivity contribution in [2.75, 3.05) is 42.9 Å². The van der Waals surface area contributed by atoms with Crippen molar-refractivity contribution in [3.05, 3.63) is 59.8 Å². The molecule has 1 saturated heterocycles. The number of carbonyl (C=O) groups excluding carboxylic acids is 1. The molecule has 3 aliphatic rings. The summed E-state index contributed by atoms with van der Waals surface area (Å²) in [6.07, 6.45) is 6.01. The molecular weight excluding hydrogens is 468 g/mol. The molecule has 1 aliphatic carbocycles. The van der Waals surface area contributed by atoms with Crippen molar-refractivity contribution in [1.29, 1.82) is 0 Å². The van der Waals surface area contributed by atoms with Crippen LogP contribution in [0.2, 0.25) is 0 Å². The molecule has 0 spiro atoms. The van der Waals surface area contributed by atoms with Gasteiger partial charge in [-0.3, -0.25) is 9.69 Å². The number of fused-ring (bicyclic) bond motifs is 1. The first-order valence-corrected chi connectivity index (χ1v) is 13.4. The van der Waals surface area contributed by atoms with Gasteiger partial charge >= 0.3 is 0 Å². The van der Waals surface area contributed by atoms with Gasteiger partial charge in [-0.15, -0.1) is 0 Å². The van der Waals surface area contributed by atoms with E-state index in [4.69, 9.17) is 4.74 Å². The number of aliphatic hydroxyl groups is 1. The maximum atomic E-state index is 12.0. The fourth-order valence-corrected chi connectivity index (χ4v) is 5.31. The number of carbonyl (C=O) groups is 1. The highest BCUT2D eigenvalue weighted by molar-refractivity contribution is 5.87. The average Bonchev–Trinajstić information content (AvgIpc) is 3.76. The largest absolute Gasteiger partial charge is 0.351 e. The molecule has 2 fully saturated rings. The summed E-state index contributed by atoms with van der Waals surface area (Å²) in [6.45, 7) is 11.9. The number of hydrogen-bond acceptors (Lipinski definition) is 8. The summed E-state index contributed by atoms with van der Waals surface area (Å²) in [6, 6.07) is 9.28. The highest BCUT2D eigenvalue weighted by Crippen LogP contribution is 2.40. The number of anilines is 2. The lowest BCUT2D eigenvalue weighted by Crippen LogP contribution is -2.49. The normalized spacial score (nSPS) is 21.8. The van der Waals surface area contributed by atoms with Crippen molar-refractivity contribution >= 4 is 17.7 Å². The molecule has 9 heteroatoms. The van der Waals surface area contributed by atoms with E-state index in [9.17, 15) is 9.90 Å². The molecule has 1 aromatic heterocycles. The second kappa shape index (κ2) is 11.2. The van der Waals surface area contributed by atoms with Gasteiger partial charge < -0.3 is 25.0 Å². The first kappa shape index (κ1) is 25.6. The Morgan fingerprint density at radius 3 is 2.57 bits per heavy atom. The minimum Gasteiger partial charge on any atom is -0.351 e. The van der Waals surface area contributed by atoms with E-state index in [1.165, 1.54) is 30.9 Å². The third-order valence-corrected chi connectivity index (χ3v) is 7.77. The van der Waals surface area contributed by atoms with Gasteiger partial charge in [-0.2, -0.15) is 4.98 Å². The molecule has 2 N–H and O–H groups in total. The van der Waals surface area contributed by atoms with Crippen molar-refractivity contribution in [3.8, 4) is 0 Å². The van der Waals surface area contributed by atoms with Crippen LogP contribution in [0.4, 0.5) is 11.8 Å². The number of piperazine rings is 1. The Balaban J connectivity index is 1.26. The first-order valence-electron chi connectivity index (χ1n) is 13.4. The Hall–Kier alpha value is -3.01. The van der Waals surface area contributed by atoms with Crippen LogP contribution in [0.15, 0.2) is 43.1 Å². The number of aromatic nitrogens is 2. The quantitative estimate of drug-likeness (QED) is 0.500. The van der Waals surface area contributed by atoms with E-state index in [0.29, 0.717) is 31.0 Å². The van der Waals surface area contributed by atoms with Gasteiger partial charge in [-0.1, -0.05) is 43.7 Å². The zero-order valence-corrected chi connectivity index (χ0v) is 21.8. The number of aliphatic hydroxyl groups excluding tert-OH is 1. The third-order valence-electron chi connectivity index (χ3n) is 7.77. The zero-order valence-electron chi connectivity index (χ0n) is 21.8. The summed E-state index contributed by atoms with van der Waals surface area (Å²) in [5.74, 6) is 2.07. The highest BCUT2D eigenvalue weighted by Gasteiger charge is 2.32. The Bertz CT molecular complexity index is 1100. The average molecular weight is 507 g/mol. The van der Waals surface area contributed by atoms with E-state index in [1.54, 1.807) is 11.1 Å². The second-order valence-electron chi connectivity index (χ2n) is 10.3. The maximum absolute atomic E-state index is 12.0. The minimum atomic E-state index is -0.987. The summed E-state index contributed by atoms with van der Waals surface area (Å²) < 4.78 is 5.38. The molecule has 2 aromatic rings. The van der Waals surface area contributed by atoms with Gasteiger partial charge in [-0.05, 0) is 43.4 Å². The molecule has 3 heterocycles. The maximum Gasteiger partial charge on any atom is 0.246 e. The lowest BCUT2D eigenvalue weighted by atomic mass is 9.96. The number of nitrogens with one attached hydrogen (secondary N) is 1. The predicted molar refractivity (Wildman–Crippen MR) is 143 cm³/mol. The van der Waals surface area contributed by atoms with E-state index in [2.05, 4.69) is 58.0 Å². The van der Waals surface area contributed by atoms with Gasteiger partial charge in [0.05, 0.1) is 12.6 Å². The van der Waals surface area contributed by atoms with Crippen LogP contribution in [0, 0.1) is 5.92 Å². The van der Waals surface area contributed by atoms with Crippen molar-refractivity contribution in [2.45, 2.75) is 58.2 Å². The highest BCUT2D eigenvalue weighted by atomic mass is 16.6. The van der Waals surface area contributed by atoms with Crippen molar-refractivity contribution in [1.82, 2.24) is 19.8 Å². The Labute approximate surface area is 219 Å². The number of amides is 1. The molecule has 9 nitrogen and oxygen atoms in total. The van der Waals surface area contributed by atoms with Crippen molar-refractivity contribution in [2.24, 2.45) is 5.92 Å².